The average molecular weight is 483 g/mol. The fraction of sp³-hybridized carbons (Fsp3) is 0.571. The van der Waals surface area contributed by atoms with E-state index in [1.807, 2.05) is 52.8 Å². The molecule has 1 fully saturated rings. The van der Waals surface area contributed by atoms with Crippen LogP contribution in [0.4, 0.5) is 5.69 Å². The topological polar surface area (TPSA) is 81.1 Å². The van der Waals surface area contributed by atoms with E-state index in [9.17, 15) is 9.90 Å². The number of ether oxygens (including phenoxy) is 3. The van der Waals surface area contributed by atoms with Gasteiger partial charge >= 0.3 is 5.97 Å². The van der Waals surface area contributed by atoms with E-state index < -0.39 is 17.7 Å². The van der Waals surface area contributed by atoms with Crippen molar-refractivity contribution in [2.24, 2.45) is 5.41 Å². The number of carbonyl (C=O) groups is 1. The lowest BCUT2D eigenvalue weighted by Gasteiger charge is -2.41. The van der Waals surface area contributed by atoms with E-state index in [2.05, 4.69) is 18.7 Å². The first-order valence-corrected chi connectivity index (χ1v) is 12.4. The summed E-state index contributed by atoms with van der Waals surface area (Å²) in [5.74, 6) is 0.404. The molecule has 0 radical (unpaired) electrons. The van der Waals surface area contributed by atoms with Crippen molar-refractivity contribution in [1.29, 1.82) is 0 Å². The highest BCUT2D eigenvalue weighted by Crippen LogP contribution is 2.46. The third-order valence-electron chi connectivity index (χ3n) is 6.80. The fourth-order valence-electron chi connectivity index (χ4n) is 4.95. The minimum absolute atomic E-state index is 0.249. The van der Waals surface area contributed by atoms with Crippen LogP contribution >= 0.6 is 0 Å². The number of aryl methyl sites for hydroxylation is 2. The first kappa shape index (κ1) is 25.3. The third-order valence-corrected chi connectivity index (χ3v) is 6.80. The Morgan fingerprint density at radius 1 is 1.09 bits per heavy atom. The van der Waals surface area contributed by atoms with Crippen molar-refractivity contribution in [3.8, 4) is 22.6 Å². The van der Waals surface area contributed by atoms with Gasteiger partial charge in [-0.3, -0.25) is 4.98 Å². The number of aliphatic carboxylic acids is 1. The number of carboxylic acid groups (broad SMARTS) is 1. The quantitative estimate of drug-likeness (QED) is 0.585. The number of fused-ring (bicyclic) bond motifs is 1. The minimum Gasteiger partial charge on any atom is -0.486 e. The standard InChI is InChI=1S/C28H38N2O5/c1-17-22(19-8-9-20-21(16-19)34-15-14-33-20)24(30-12-10-28(6,7)11-13-30)23(18(2)29-17)25(26(31)32)35-27(3,4)5/h8-9,16,25H,10-15H2,1-7H3,(H,31,32). The summed E-state index contributed by atoms with van der Waals surface area (Å²) in [6.07, 6.45) is 0.903. The van der Waals surface area contributed by atoms with Crippen LogP contribution in [0.1, 0.15) is 70.5 Å². The number of aromatic nitrogens is 1. The molecule has 190 valence electrons. The van der Waals surface area contributed by atoms with E-state index in [0.717, 1.165) is 54.2 Å². The van der Waals surface area contributed by atoms with E-state index >= 15 is 0 Å². The summed E-state index contributed by atoms with van der Waals surface area (Å²) in [4.78, 5) is 19.8. The van der Waals surface area contributed by atoms with Crippen LogP contribution in [0.25, 0.3) is 11.1 Å². The highest BCUT2D eigenvalue weighted by Gasteiger charge is 2.36. The van der Waals surface area contributed by atoms with Crippen molar-refractivity contribution in [3.05, 3.63) is 35.2 Å². The number of nitrogens with zero attached hydrogens (tertiary/aromatic N) is 2. The van der Waals surface area contributed by atoms with Gasteiger partial charge in [0.1, 0.15) is 13.2 Å². The average Bonchev–Trinajstić information content (AvgIpc) is 2.76. The Balaban J connectivity index is 1.95. The van der Waals surface area contributed by atoms with Crippen molar-refractivity contribution in [2.75, 3.05) is 31.2 Å². The maximum Gasteiger partial charge on any atom is 0.337 e. The third kappa shape index (κ3) is 5.40. The van der Waals surface area contributed by atoms with Crippen LogP contribution in [0.5, 0.6) is 11.5 Å². The lowest BCUT2D eigenvalue weighted by molar-refractivity contribution is -0.160. The molecule has 2 aliphatic heterocycles. The molecule has 1 saturated heterocycles. The molecule has 1 N–H and O–H groups in total. The van der Waals surface area contributed by atoms with Gasteiger partial charge in [-0.05, 0) is 70.6 Å². The summed E-state index contributed by atoms with van der Waals surface area (Å²) >= 11 is 0. The summed E-state index contributed by atoms with van der Waals surface area (Å²) < 4.78 is 17.7. The summed E-state index contributed by atoms with van der Waals surface area (Å²) in [6.45, 7) is 16.8. The number of anilines is 1. The zero-order valence-electron chi connectivity index (χ0n) is 22.0. The van der Waals surface area contributed by atoms with Gasteiger partial charge in [0.25, 0.3) is 0 Å². The Kier molecular flexibility index (Phi) is 6.75. The Morgan fingerprint density at radius 2 is 1.71 bits per heavy atom. The zero-order chi connectivity index (χ0) is 25.5. The number of piperidine rings is 1. The predicted molar refractivity (Wildman–Crippen MR) is 137 cm³/mol. The van der Waals surface area contributed by atoms with Crippen LogP contribution < -0.4 is 14.4 Å². The van der Waals surface area contributed by atoms with Crippen LogP contribution in [0.2, 0.25) is 0 Å². The smallest absolute Gasteiger partial charge is 0.337 e. The van der Waals surface area contributed by atoms with Gasteiger partial charge in [0.2, 0.25) is 0 Å². The van der Waals surface area contributed by atoms with Gasteiger partial charge < -0.3 is 24.2 Å². The predicted octanol–water partition coefficient (Wildman–Crippen LogP) is 5.70. The molecule has 3 heterocycles. The van der Waals surface area contributed by atoms with Gasteiger partial charge in [0.15, 0.2) is 17.6 Å². The van der Waals surface area contributed by atoms with Crippen LogP contribution in [0.15, 0.2) is 18.2 Å². The van der Waals surface area contributed by atoms with Gasteiger partial charge in [-0.1, -0.05) is 19.9 Å². The molecule has 0 saturated carbocycles. The van der Waals surface area contributed by atoms with Crippen molar-refractivity contribution < 1.29 is 24.1 Å². The Hall–Kier alpha value is -2.80. The molecule has 7 nitrogen and oxygen atoms in total. The van der Waals surface area contributed by atoms with Crippen LogP contribution in [0, 0.1) is 19.3 Å². The van der Waals surface area contributed by atoms with Crippen molar-refractivity contribution >= 4 is 11.7 Å². The summed E-state index contributed by atoms with van der Waals surface area (Å²) in [7, 11) is 0. The second-order valence-corrected chi connectivity index (χ2v) is 11.4. The van der Waals surface area contributed by atoms with E-state index in [1.54, 1.807) is 0 Å². The monoisotopic (exact) mass is 482 g/mol. The molecular weight excluding hydrogens is 444 g/mol. The van der Waals surface area contributed by atoms with Gasteiger partial charge in [0, 0.05) is 35.6 Å². The molecule has 0 bridgehead atoms. The summed E-state index contributed by atoms with van der Waals surface area (Å²) in [5.41, 5.74) is 4.52. The molecule has 4 rings (SSSR count). The molecular formula is C28H38N2O5. The Morgan fingerprint density at radius 3 is 2.31 bits per heavy atom. The molecule has 1 unspecified atom stereocenters. The molecule has 2 aromatic rings. The Bertz CT molecular complexity index is 1110. The maximum absolute atomic E-state index is 12.6. The van der Waals surface area contributed by atoms with Gasteiger partial charge in [0.05, 0.1) is 11.3 Å². The number of hydrogen-bond acceptors (Lipinski definition) is 6. The largest absolute Gasteiger partial charge is 0.486 e. The van der Waals surface area contributed by atoms with Crippen LogP contribution in [-0.4, -0.2) is 48.0 Å². The zero-order valence-corrected chi connectivity index (χ0v) is 22.0. The SMILES string of the molecule is Cc1nc(C)c(C(OC(C)(C)C)C(=O)O)c(N2CCC(C)(C)CC2)c1-c1ccc2c(c1)OCCO2. The summed E-state index contributed by atoms with van der Waals surface area (Å²) in [6, 6.07) is 5.91. The second kappa shape index (κ2) is 9.34. The molecule has 1 atom stereocenters. The molecule has 35 heavy (non-hydrogen) atoms. The Labute approximate surface area is 208 Å². The van der Waals surface area contributed by atoms with Crippen LogP contribution in [0.3, 0.4) is 0 Å². The minimum atomic E-state index is -1.14. The van der Waals surface area contributed by atoms with Crippen molar-refractivity contribution in [3.63, 3.8) is 0 Å². The van der Waals surface area contributed by atoms with E-state index in [0.29, 0.717) is 30.2 Å². The second-order valence-electron chi connectivity index (χ2n) is 11.4. The molecule has 1 aromatic carbocycles. The first-order valence-electron chi connectivity index (χ1n) is 12.4. The van der Waals surface area contributed by atoms with Crippen molar-refractivity contribution in [1.82, 2.24) is 4.98 Å². The molecule has 0 aliphatic carbocycles. The molecule has 0 spiro atoms. The molecule has 2 aliphatic rings. The molecule has 7 heteroatoms. The van der Waals surface area contributed by atoms with E-state index in [-0.39, 0.29) is 5.41 Å². The fourth-order valence-corrected chi connectivity index (χ4v) is 4.95. The van der Waals surface area contributed by atoms with Gasteiger partial charge in [-0.15, -0.1) is 0 Å². The molecule has 0 amide bonds. The van der Waals surface area contributed by atoms with E-state index in [1.165, 1.54) is 0 Å². The number of pyridine rings is 1. The summed E-state index contributed by atoms with van der Waals surface area (Å²) in [5, 5.41) is 10.3. The number of carboxylic acids is 1. The highest BCUT2D eigenvalue weighted by atomic mass is 16.6. The lowest BCUT2D eigenvalue weighted by Crippen LogP contribution is -2.39. The van der Waals surface area contributed by atoms with Crippen molar-refractivity contribution in [2.45, 2.75) is 73.0 Å². The number of rotatable bonds is 5. The normalized spacial score (nSPS) is 18.3. The lowest BCUT2D eigenvalue weighted by atomic mass is 9.81. The maximum atomic E-state index is 12.6. The number of hydrogen-bond donors (Lipinski definition) is 1. The number of benzene rings is 1. The van der Waals surface area contributed by atoms with Crippen LogP contribution in [-0.2, 0) is 9.53 Å². The van der Waals surface area contributed by atoms with Gasteiger partial charge in [-0.25, -0.2) is 4.79 Å². The molecule has 1 aromatic heterocycles. The van der Waals surface area contributed by atoms with E-state index in [4.69, 9.17) is 19.2 Å². The first-order chi connectivity index (χ1) is 16.4. The highest BCUT2D eigenvalue weighted by molar-refractivity contribution is 5.88. The van der Waals surface area contributed by atoms with Gasteiger partial charge in [-0.2, -0.15) is 0 Å².